The smallest absolute Gasteiger partial charge is 0.402 e. The van der Waals surface area contributed by atoms with Gasteiger partial charge in [0.15, 0.2) is 5.92 Å². The molecule has 0 aliphatic heterocycles. The Labute approximate surface area is 119 Å². The van der Waals surface area contributed by atoms with Gasteiger partial charge in [-0.05, 0) is 6.42 Å². The molecule has 0 radical (unpaired) electrons. The number of carbonyl (C=O) groups is 1. The van der Waals surface area contributed by atoms with Crippen LogP contribution in [0.25, 0.3) is 0 Å². The summed E-state index contributed by atoms with van der Waals surface area (Å²) in [7, 11) is 0. The molecule has 20 heavy (non-hydrogen) atoms. The lowest BCUT2D eigenvalue weighted by Gasteiger charge is -2.15. The monoisotopic (exact) mass is 296 g/mol. The number of aliphatic carboxylic acids is 1. The van der Waals surface area contributed by atoms with E-state index in [0.29, 0.717) is 12.8 Å². The first-order valence-electron chi connectivity index (χ1n) is 7.69. The Bertz CT molecular complexity index is 252. The molecule has 0 saturated heterocycles. The second-order valence-electron chi connectivity index (χ2n) is 5.40. The Morgan fingerprint density at radius 3 is 1.65 bits per heavy atom. The first kappa shape index (κ1) is 19.3. The minimum absolute atomic E-state index is 0.296. The number of carboxylic acids is 1. The fourth-order valence-corrected chi connectivity index (χ4v) is 2.26. The van der Waals surface area contributed by atoms with Crippen LogP contribution in [0.5, 0.6) is 0 Å². The molecular formula is C15H27F3O2. The number of alkyl halides is 3. The Morgan fingerprint density at radius 1 is 0.900 bits per heavy atom. The van der Waals surface area contributed by atoms with E-state index in [0.717, 1.165) is 19.3 Å². The zero-order chi connectivity index (χ0) is 15.4. The largest absolute Gasteiger partial charge is 0.481 e. The van der Waals surface area contributed by atoms with Gasteiger partial charge in [0.25, 0.3) is 0 Å². The van der Waals surface area contributed by atoms with Gasteiger partial charge in [-0.15, -0.1) is 0 Å². The van der Waals surface area contributed by atoms with Gasteiger partial charge in [0.05, 0.1) is 0 Å². The van der Waals surface area contributed by atoms with Crippen molar-refractivity contribution >= 4 is 5.97 Å². The molecule has 5 heteroatoms. The fourth-order valence-electron chi connectivity index (χ4n) is 2.26. The molecule has 0 bridgehead atoms. The van der Waals surface area contributed by atoms with Gasteiger partial charge in [0.2, 0.25) is 0 Å². The molecule has 0 spiro atoms. The molecule has 0 saturated carbocycles. The van der Waals surface area contributed by atoms with Crippen LogP contribution in [-0.2, 0) is 4.79 Å². The summed E-state index contributed by atoms with van der Waals surface area (Å²) in [6.45, 7) is 2.17. The standard InChI is InChI=1S/C15H27F3O2/c1-2-3-4-5-6-7-8-9-10-11-12-13(14(19)20)15(16,17)18/h13H,2-12H2,1H3,(H,19,20)/t13-/m1/s1. The second kappa shape index (κ2) is 11.0. The van der Waals surface area contributed by atoms with Crippen LogP contribution >= 0.6 is 0 Å². The quantitative estimate of drug-likeness (QED) is 0.479. The molecule has 0 aromatic heterocycles. The summed E-state index contributed by atoms with van der Waals surface area (Å²) in [6.07, 6.45) is 5.38. The summed E-state index contributed by atoms with van der Waals surface area (Å²) in [6, 6.07) is 0. The van der Waals surface area contributed by atoms with Crippen molar-refractivity contribution < 1.29 is 23.1 Å². The molecule has 0 fully saturated rings. The number of hydrogen-bond donors (Lipinski definition) is 1. The highest BCUT2D eigenvalue weighted by molar-refractivity contribution is 5.70. The molecule has 0 heterocycles. The van der Waals surface area contributed by atoms with Crippen LogP contribution in [-0.4, -0.2) is 17.3 Å². The molecule has 0 aliphatic rings. The van der Waals surface area contributed by atoms with Gasteiger partial charge < -0.3 is 5.11 Å². The van der Waals surface area contributed by atoms with Crippen molar-refractivity contribution in [2.24, 2.45) is 5.92 Å². The van der Waals surface area contributed by atoms with Crippen LogP contribution in [0.3, 0.4) is 0 Å². The van der Waals surface area contributed by atoms with Gasteiger partial charge in [0.1, 0.15) is 0 Å². The van der Waals surface area contributed by atoms with Gasteiger partial charge >= 0.3 is 12.1 Å². The zero-order valence-electron chi connectivity index (χ0n) is 12.3. The van der Waals surface area contributed by atoms with Crippen LogP contribution in [0.2, 0.25) is 0 Å². The lowest BCUT2D eigenvalue weighted by Crippen LogP contribution is -2.30. The third kappa shape index (κ3) is 10.1. The summed E-state index contributed by atoms with van der Waals surface area (Å²) < 4.78 is 37.1. The molecule has 0 aliphatic carbocycles. The summed E-state index contributed by atoms with van der Waals surface area (Å²) >= 11 is 0. The lowest BCUT2D eigenvalue weighted by atomic mass is 9.99. The first-order chi connectivity index (χ1) is 9.39. The normalized spacial score (nSPS) is 13.4. The highest BCUT2D eigenvalue weighted by Crippen LogP contribution is 2.30. The number of unbranched alkanes of at least 4 members (excludes halogenated alkanes) is 9. The van der Waals surface area contributed by atoms with Crippen LogP contribution in [0.4, 0.5) is 13.2 Å². The third-order valence-corrected chi connectivity index (χ3v) is 3.54. The summed E-state index contributed by atoms with van der Waals surface area (Å²) in [4.78, 5) is 10.5. The lowest BCUT2D eigenvalue weighted by molar-refractivity contribution is -0.194. The minimum Gasteiger partial charge on any atom is -0.481 e. The molecule has 0 aromatic rings. The van der Waals surface area contributed by atoms with E-state index in [2.05, 4.69) is 6.92 Å². The van der Waals surface area contributed by atoms with Gasteiger partial charge in [-0.1, -0.05) is 71.1 Å². The maximum atomic E-state index is 12.4. The molecule has 2 nitrogen and oxygen atoms in total. The average Bonchev–Trinajstić information content (AvgIpc) is 2.34. The molecule has 120 valence electrons. The second-order valence-corrected chi connectivity index (χ2v) is 5.40. The fraction of sp³-hybridized carbons (Fsp3) is 0.933. The minimum atomic E-state index is -4.62. The maximum Gasteiger partial charge on any atom is 0.402 e. The molecule has 0 aromatic carbocycles. The van der Waals surface area contributed by atoms with E-state index in [9.17, 15) is 18.0 Å². The van der Waals surface area contributed by atoms with Crippen molar-refractivity contribution in [1.29, 1.82) is 0 Å². The summed E-state index contributed by atoms with van der Waals surface area (Å²) in [5, 5.41) is 8.53. The van der Waals surface area contributed by atoms with Gasteiger partial charge in [-0.3, -0.25) is 4.79 Å². The molecule has 1 N–H and O–H groups in total. The van der Waals surface area contributed by atoms with E-state index < -0.39 is 18.1 Å². The SMILES string of the molecule is CCCCCCCCCCCC[C@H](C(=O)O)C(F)(F)F. The molecular weight excluding hydrogens is 269 g/mol. The number of hydrogen-bond acceptors (Lipinski definition) is 1. The van der Waals surface area contributed by atoms with Crippen molar-refractivity contribution in [3.63, 3.8) is 0 Å². The predicted molar refractivity (Wildman–Crippen MR) is 73.6 cm³/mol. The number of halogens is 3. The van der Waals surface area contributed by atoms with Crippen molar-refractivity contribution in [2.75, 3.05) is 0 Å². The molecule has 0 rings (SSSR count). The van der Waals surface area contributed by atoms with Gasteiger partial charge in [-0.2, -0.15) is 13.2 Å². The summed E-state index contributed by atoms with van der Waals surface area (Å²) in [5.41, 5.74) is 0. The van der Waals surface area contributed by atoms with Crippen LogP contribution in [0.15, 0.2) is 0 Å². The van der Waals surface area contributed by atoms with E-state index in [1.807, 2.05) is 0 Å². The van der Waals surface area contributed by atoms with Crippen LogP contribution in [0.1, 0.15) is 77.6 Å². The first-order valence-corrected chi connectivity index (χ1v) is 7.69. The number of rotatable bonds is 12. The van der Waals surface area contributed by atoms with Crippen LogP contribution in [0, 0.1) is 5.92 Å². The Morgan fingerprint density at radius 2 is 1.30 bits per heavy atom. The average molecular weight is 296 g/mol. The van der Waals surface area contributed by atoms with E-state index in [-0.39, 0.29) is 6.42 Å². The summed E-state index contributed by atoms with van der Waals surface area (Å²) in [5.74, 6) is -3.95. The molecule has 1 atom stereocenters. The van der Waals surface area contributed by atoms with E-state index in [4.69, 9.17) is 5.11 Å². The van der Waals surface area contributed by atoms with E-state index in [1.165, 1.54) is 32.1 Å². The van der Waals surface area contributed by atoms with Crippen molar-refractivity contribution in [3.05, 3.63) is 0 Å². The third-order valence-electron chi connectivity index (χ3n) is 3.54. The predicted octanol–water partition coefficient (Wildman–Crippen LogP) is 5.56. The Kier molecular flexibility index (Phi) is 10.6. The maximum absolute atomic E-state index is 12.4. The van der Waals surface area contributed by atoms with Crippen molar-refractivity contribution in [2.45, 2.75) is 83.7 Å². The molecule has 0 amide bonds. The van der Waals surface area contributed by atoms with Crippen molar-refractivity contribution in [3.8, 4) is 0 Å². The van der Waals surface area contributed by atoms with Gasteiger partial charge in [-0.25, -0.2) is 0 Å². The topological polar surface area (TPSA) is 37.3 Å². The Balaban J connectivity index is 3.49. The van der Waals surface area contributed by atoms with E-state index >= 15 is 0 Å². The highest BCUT2D eigenvalue weighted by atomic mass is 19.4. The highest BCUT2D eigenvalue weighted by Gasteiger charge is 2.44. The van der Waals surface area contributed by atoms with Crippen LogP contribution < -0.4 is 0 Å². The van der Waals surface area contributed by atoms with Gasteiger partial charge in [0, 0.05) is 0 Å². The zero-order valence-corrected chi connectivity index (χ0v) is 12.3. The number of carboxylic acid groups (broad SMARTS) is 1. The molecule has 0 unspecified atom stereocenters. The van der Waals surface area contributed by atoms with E-state index in [1.54, 1.807) is 0 Å². The van der Waals surface area contributed by atoms with Crippen molar-refractivity contribution in [1.82, 2.24) is 0 Å². The Hall–Kier alpha value is -0.740.